The van der Waals surface area contributed by atoms with E-state index in [0.29, 0.717) is 13.2 Å². The maximum absolute atomic E-state index is 5.67. The van der Waals surface area contributed by atoms with Crippen LogP contribution < -0.4 is 5.32 Å². The molecule has 1 aromatic rings. The molecule has 2 heterocycles. The first kappa shape index (κ1) is 11.3. The molecule has 1 N–H and O–H groups in total. The summed E-state index contributed by atoms with van der Waals surface area (Å²) in [4.78, 5) is 0. The molecule has 0 spiro atoms. The van der Waals surface area contributed by atoms with Crippen molar-refractivity contribution in [2.75, 3.05) is 18.5 Å². The summed E-state index contributed by atoms with van der Waals surface area (Å²) in [6, 6.07) is 1.95. The monoisotopic (exact) mass is 223 g/mol. The summed E-state index contributed by atoms with van der Waals surface area (Å²) < 4.78 is 11.1. The van der Waals surface area contributed by atoms with Crippen molar-refractivity contribution in [3.8, 4) is 0 Å². The van der Waals surface area contributed by atoms with Crippen LogP contribution in [0.4, 0.5) is 5.82 Å². The van der Waals surface area contributed by atoms with Gasteiger partial charge in [-0.1, -0.05) is 0 Å². The third-order valence-electron chi connectivity index (χ3n) is 2.37. The van der Waals surface area contributed by atoms with Gasteiger partial charge in [0.15, 0.2) is 5.79 Å². The first-order valence-corrected chi connectivity index (χ1v) is 5.40. The van der Waals surface area contributed by atoms with Crippen molar-refractivity contribution in [1.29, 1.82) is 0 Å². The molecule has 1 aliphatic rings. The first-order chi connectivity index (χ1) is 7.55. The minimum Gasteiger partial charge on any atom is -0.366 e. The van der Waals surface area contributed by atoms with Gasteiger partial charge in [0, 0.05) is 6.54 Å². The summed E-state index contributed by atoms with van der Waals surface area (Å²) in [6.45, 7) is 7.11. The second-order valence-corrected chi connectivity index (χ2v) is 4.45. The van der Waals surface area contributed by atoms with E-state index in [1.54, 1.807) is 6.20 Å². The molecular formula is C11H17N3O2. The van der Waals surface area contributed by atoms with Gasteiger partial charge in [0.05, 0.1) is 12.8 Å². The van der Waals surface area contributed by atoms with Gasteiger partial charge in [0.2, 0.25) is 0 Å². The highest BCUT2D eigenvalue weighted by atomic mass is 16.7. The van der Waals surface area contributed by atoms with Crippen LogP contribution in [0.3, 0.4) is 0 Å². The van der Waals surface area contributed by atoms with Crippen LogP contribution in [-0.4, -0.2) is 35.2 Å². The zero-order valence-electron chi connectivity index (χ0n) is 9.86. The summed E-state index contributed by atoms with van der Waals surface area (Å²) in [5, 5.41) is 11.0. The zero-order valence-corrected chi connectivity index (χ0v) is 9.86. The molecule has 5 heteroatoms. The van der Waals surface area contributed by atoms with Gasteiger partial charge in [-0.3, -0.25) is 0 Å². The second-order valence-electron chi connectivity index (χ2n) is 4.45. The van der Waals surface area contributed by atoms with Crippen LogP contribution in [0.25, 0.3) is 0 Å². The average Bonchev–Trinajstić information content (AvgIpc) is 2.56. The van der Waals surface area contributed by atoms with Crippen molar-refractivity contribution >= 4 is 5.82 Å². The Kier molecular flexibility index (Phi) is 3.07. The molecule has 2 rings (SSSR count). The minimum absolute atomic E-state index is 0.0670. The predicted molar refractivity (Wildman–Crippen MR) is 60.2 cm³/mol. The molecule has 1 fully saturated rings. The third kappa shape index (κ3) is 2.90. The second kappa shape index (κ2) is 4.35. The van der Waals surface area contributed by atoms with Crippen molar-refractivity contribution in [1.82, 2.24) is 10.2 Å². The smallest absolute Gasteiger partial charge is 0.163 e. The number of hydrogen-bond acceptors (Lipinski definition) is 5. The number of aromatic nitrogens is 2. The lowest BCUT2D eigenvalue weighted by atomic mass is 10.3. The molecule has 16 heavy (non-hydrogen) atoms. The Morgan fingerprint density at radius 1 is 1.56 bits per heavy atom. The van der Waals surface area contributed by atoms with Crippen LogP contribution >= 0.6 is 0 Å². The highest BCUT2D eigenvalue weighted by Gasteiger charge is 2.32. The Balaban J connectivity index is 1.84. The fourth-order valence-corrected chi connectivity index (χ4v) is 1.63. The van der Waals surface area contributed by atoms with E-state index in [0.717, 1.165) is 11.4 Å². The molecule has 0 aliphatic carbocycles. The minimum atomic E-state index is -0.468. The van der Waals surface area contributed by atoms with Gasteiger partial charge < -0.3 is 14.8 Å². The Morgan fingerprint density at radius 3 is 3.00 bits per heavy atom. The summed E-state index contributed by atoms with van der Waals surface area (Å²) in [7, 11) is 0. The molecule has 1 aliphatic heterocycles. The van der Waals surface area contributed by atoms with Crippen molar-refractivity contribution in [3.05, 3.63) is 17.8 Å². The molecule has 5 nitrogen and oxygen atoms in total. The third-order valence-corrected chi connectivity index (χ3v) is 2.37. The lowest BCUT2D eigenvalue weighted by Gasteiger charge is -2.17. The summed E-state index contributed by atoms with van der Waals surface area (Å²) in [5.41, 5.74) is 1.08. The van der Waals surface area contributed by atoms with Gasteiger partial charge in [-0.05, 0) is 32.4 Å². The molecule has 0 saturated carbocycles. The van der Waals surface area contributed by atoms with Crippen molar-refractivity contribution in [3.63, 3.8) is 0 Å². The standard InChI is InChI=1S/C11H17N3O2/c1-8-4-10(14-13-5-8)12-6-9-7-15-11(2,3)16-9/h4-5,9H,6-7H2,1-3H3,(H,12,14). The van der Waals surface area contributed by atoms with Crippen LogP contribution in [0.2, 0.25) is 0 Å². The fraction of sp³-hybridized carbons (Fsp3) is 0.636. The van der Waals surface area contributed by atoms with E-state index in [-0.39, 0.29) is 6.10 Å². The lowest BCUT2D eigenvalue weighted by Crippen LogP contribution is -2.26. The van der Waals surface area contributed by atoms with Crippen molar-refractivity contribution in [2.45, 2.75) is 32.7 Å². The van der Waals surface area contributed by atoms with Gasteiger partial charge in [-0.2, -0.15) is 5.10 Å². The maximum atomic E-state index is 5.67. The maximum Gasteiger partial charge on any atom is 0.163 e. The van der Waals surface area contributed by atoms with E-state index in [1.165, 1.54) is 0 Å². The van der Waals surface area contributed by atoms with E-state index in [9.17, 15) is 0 Å². The van der Waals surface area contributed by atoms with Crippen LogP contribution in [-0.2, 0) is 9.47 Å². The first-order valence-electron chi connectivity index (χ1n) is 5.40. The van der Waals surface area contributed by atoms with Gasteiger partial charge in [0.25, 0.3) is 0 Å². The molecule has 1 saturated heterocycles. The number of rotatable bonds is 3. The van der Waals surface area contributed by atoms with Crippen LogP contribution in [0.5, 0.6) is 0 Å². The van der Waals surface area contributed by atoms with Gasteiger partial charge in [-0.15, -0.1) is 5.10 Å². The van der Waals surface area contributed by atoms with Gasteiger partial charge in [-0.25, -0.2) is 0 Å². The van der Waals surface area contributed by atoms with E-state index in [1.807, 2.05) is 26.8 Å². The molecule has 1 atom stereocenters. The lowest BCUT2D eigenvalue weighted by molar-refractivity contribution is -0.136. The molecule has 88 valence electrons. The van der Waals surface area contributed by atoms with Crippen LogP contribution in [0, 0.1) is 6.92 Å². The van der Waals surface area contributed by atoms with Gasteiger partial charge in [0.1, 0.15) is 11.9 Å². The molecular weight excluding hydrogens is 206 g/mol. The Labute approximate surface area is 95.2 Å². The van der Waals surface area contributed by atoms with E-state index in [4.69, 9.17) is 9.47 Å². The molecule has 0 aromatic carbocycles. The van der Waals surface area contributed by atoms with E-state index < -0.39 is 5.79 Å². The number of aryl methyl sites for hydroxylation is 1. The molecule has 0 amide bonds. The average molecular weight is 223 g/mol. The Morgan fingerprint density at radius 2 is 2.38 bits per heavy atom. The summed E-state index contributed by atoms with van der Waals surface area (Å²) in [5.74, 6) is 0.304. The largest absolute Gasteiger partial charge is 0.366 e. The molecule has 1 unspecified atom stereocenters. The Bertz CT molecular complexity index is 368. The number of nitrogens with one attached hydrogen (secondary N) is 1. The molecule has 1 aromatic heterocycles. The van der Waals surface area contributed by atoms with E-state index in [2.05, 4.69) is 15.5 Å². The number of anilines is 1. The Hall–Kier alpha value is -1.20. The quantitative estimate of drug-likeness (QED) is 0.838. The van der Waals surface area contributed by atoms with Crippen LogP contribution in [0.15, 0.2) is 12.3 Å². The SMILES string of the molecule is Cc1cnnc(NCC2COC(C)(C)O2)c1. The molecule has 0 radical (unpaired) electrons. The number of ether oxygens (including phenoxy) is 2. The summed E-state index contributed by atoms with van der Waals surface area (Å²) >= 11 is 0. The predicted octanol–water partition coefficient (Wildman–Crippen LogP) is 1.35. The zero-order chi connectivity index (χ0) is 11.6. The molecule has 0 bridgehead atoms. The van der Waals surface area contributed by atoms with Crippen LogP contribution in [0.1, 0.15) is 19.4 Å². The summed E-state index contributed by atoms with van der Waals surface area (Å²) in [6.07, 6.45) is 1.79. The highest BCUT2D eigenvalue weighted by molar-refractivity contribution is 5.35. The topological polar surface area (TPSA) is 56.3 Å². The van der Waals surface area contributed by atoms with Gasteiger partial charge >= 0.3 is 0 Å². The fourth-order valence-electron chi connectivity index (χ4n) is 1.63. The number of nitrogens with zero attached hydrogens (tertiary/aromatic N) is 2. The van der Waals surface area contributed by atoms with Crippen molar-refractivity contribution < 1.29 is 9.47 Å². The normalized spacial score (nSPS) is 23.3. The van der Waals surface area contributed by atoms with E-state index >= 15 is 0 Å². The number of hydrogen-bond donors (Lipinski definition) is 1. The highest BCUT2D eigenvalue weighted by Crippen LogP contribution is 2.22. The van der Waals surface area contributed by atoms with Crippen molar-refractivity contribution in [2.24, 2.45) is 0 Å².